The first-order valence-electron chi connectivity index (χ1n) is 19.2. The molecule has 10 aromatic rings. The fraction of sp³-hybridized carbons (Fsp3) is 0.0189. The summed E-state index contributed by atoms with van der Waals surface area (Å²) in [6.07, 6.45) is 0. The van der Waals surface area contributed by atoms with E-state index in [-0.39, 0.29) is 0 Å². The summed E-state index contributed by atoms with van der Waals surface area (Å²) < 4.78 is 6.50. The molecule has 8 aromatic carbocycles. The molecule has 2 aliphatic rings. The highest BCUT2D eigenvalue weighted by atomic mass is 16.3. The second kappa shape index (κ2) is 11.8. The van der Waals surface area contributed by atoms with E-state index in [1.165, 1.54) is 50.1 Å². The van der Waals surface area contributed by atoms with Crippen LogP contribution in [0.1, 0.15) is 22.3 Å². The van der Waals surface area contributed by atoms with Crippen LogP contribution in [0.2, 0.25) is 0 Å². The molecule has 0 saturated carbocycles. The van der Waals surface area contributed by atoms with Crippen LogP contribution in [0.4, 0.5) is 0 Å². The van der Waals surface area contributed by atoms with Gasteiger partial charge in [0.1, 0.15) is 11.2 Å². The van der Waals surface area contributed by atoms with Crippen molar-refractivity contribution in [1.29, 1.82) is 0 Å². The van der Waals surface area contributed by atoms with Gasteiger partial charge in [0.2, 0.25) is 0 Å². The maximum atomic E-state index is 6.50. The number of rotatable bonds is 4. The van der Waals surface area contributed by atoms with Crippen LogP contribution in [0.25, 0.3) is 89.2 Å². The van der Waals surface area contributed by atoms with Gasteiger partial charge in [-0.05, 0) is 79.9 Å². The lowest BCUT2D eigenvalue weighted by Gasteiger charge is -2.30. The van der Waals surface area contributed by atoms with Gasteiger partial charge in [0.05, 0.1) is 16.8 Å². The van der Waals surface area contributed by atoms with E-state index >= 15 is 0 Å². The smallest absolute Gasteiger partial charge is 0.160 e. The zero-order valence-corrected chi connectivity index (χ0v) is 30.3. The van der Waals surface area contributed by atoms with Crippen LogP contribution in [0.5, 0.6) is 0 Å². The first-order valence-corrected chi connectivity index (χ1v) is 19.2. The highest BCUT2D eigenvalue weighted by Gasteiger charge is 2.51. The third kappa shape index (κ3) is 4.28. The lowest BCUT2D eigenvalue weighted by atomic mass is 9.70. The van der Waals surface area contributed by atoms with Crippen molar-refractivity contribution >= 4 is 21.9 Å². The fourth-order valence-electron chi connectivity index (χ4n) is 9.63. The number of fused-ring (bicyclic) bond motifs is 13. The third-order valence-electron chi connectivity index (χ3n) is 11.9. The topological polar surface area (TPSA) is 38.9 Å². The maximum Gasteiger partial charge on any atom is 0.160 e. The van der Waals surface area contributed by atoms with E-state index in [1.54, 1.807) is 0 Å². The van der Waals surface area contributed by atoms with Crippen LogP contribution in [-0.2, 0) is 5.41 Å². The molecule has 12 rings (SSSR count). The second-order valence-electron chi connectivity index (χ2n) is 14.8. The Hall–Kier alpha value is -7.36. The lowest BCUT2D eigenvalue weighted by Crippen LogP contribution is -2.25. The SMILES string of the molecule is c1ccc(-c2cc(-c3cccc4c3oc3ccccc34)nc(-c3cccc(-c4cccc5c4-c4ccccc4C54c5ccccc5-c5ccccc54)c3)n2)cc1. The summed E-state index contributed by atoms with van der Waals surface area (Å²) in [4.78, 5) is 10.5. The number of furan rings is 1. The minimum atomic E-state index is -0.396. The van der Waals surface area contributed by atoms with Gasteiger partial charge in [-0.2, -0.15) is 0 Å². The molecule has 2 heterocycles. The van der Waals surface area contributed by atoms with Crippen molar-refractivity contribution in [3.05, 3.63) is 216 Å². The van der Waals surface area contributed by atoms with Crippen molar-refractivity contribution in [2.75, 3.05) is 0 Å². The molecule has 3 heteroatoms. The minimum Gasteiger partial charge on any atom is -0.455 e. The van der Waals surface area contributed by atoms with Gasteiger partial charge in [-0.1, -0.05) is 170 Å². The van der Waals surface area contributed by atoms with Crippen LogP contribution < -0.4 is 0 Å². The Morgan fingerprint density at radius 2 is 0.893 bits per heavy atom. The van der Waals surface area contributed by atoms with Gasteiger partial charge in [0.15, 0.2) is 5.82 Å². The monoisotopic (exact) mass is 712 g/mol. The molecule has 1 spiro atoms. The summed E-state index contributed by atoms with van der Waals surface area (Å²) in [6, 6.07) is 69.5. The van der Waals surface area contributed by atoms with Gasteiger partial charge >= 0.3 is 0 Å². The normalized spacial score (nSPS) is 13.1. The quantitative estimate of drug-likeness (QED) is 0.182. The molecule has 0 amide bonds. The summed E-state index contributed by atoms with van der Waals surface area (Å²) in [7, 11) is 0. The Morgan fingerprint density at radius 1 is 0.357 bits per heavy atom. The Kier molecular flexibility index (Phi) is 6.55. The van der Waals surface area contributed by atoms with Gasteiger partial charge < -0.3 is 4.42 Å². The van der Waals surface area contributed by atoms with Crippen molar-refractivity contribution in [3.63, 3.8) is 0 Å². The van der Waals surface area contributed by atoms with Crippen LogP contribution in [0.3, 0.4) is 0 Å². The molecule has 0 aliphatic heterocycles. The number of hydrogen-bond donors (Lipinski definition) is 0. The Labute approximate surface area is 324 Å². The van der Waals surface area contributed by atoms with Crippen molar-refractivity contribution in [2.24, 2.45) is 0 Å². The summed E-state index contributed by atoms with van der Waals surface area (Å²) >= 11 is 0. The van der Waals surface area contributed by atoms with Gasteiger partial charge in [-0.15, -0.1) is 0 Å². The fourth-order valence-corrected chi connectivity index (χ4v) is 9.63. The largest absolute Gasteiger partial charge is 0.455 e. The summed E-state index contributed by atoms with van der Waals surface area (Å²) in [5.41, 5.74) is 18.7. The Morgan fingerprint density at radius 3 is 1.70 bits per heavy atom. The predicted octanol–water partition coefficient (Wildman–Crippen LogP) is 13.4. The maximum absolute atomic E-state index is 6.50. The molecule has 0 saturated heterocycles. The van der Waals surface area contributed by atoms with Crippen molar-refractivity contribution in [3.8, 4) is 67.3 Å². The lowest BCUT2D eigenvalue weighted by molar-refractivity contribution is 0.670. The number of hydrogen-bond acceptors (Lipinski definition) is 3. The highest BCUT2D eigenvalue weighted by Crippen LogP contribution is 2.63. The summed E-state index contributed by atoms with van der Waals surface area (Å²) in [5, 5.41) is 2.17. The van der Waals surface area contributed by atoms with Crippen LogP contribution in [0.15, 0.2) is 199 Å². The van der Waals surface area contributed by atoms with Gasteiger partial charge in [-0.25, -0.2) is 9.97 Å². The molecule has 0 radical (unpaired) electrons. The van der Waals surface area contributed by atoms with Crippen LogP contribution in [-0.4, -0.2) is 9.97 Å². The van der Waals surface area contributed by atoms with E-state index in [4.69, 9.17) is 14.4 Å². The molecule has 260 valence electrons. The Balaban J connectivity index is 1.06. The molecule has 0 fully saturated rings. The van der Waals surface area contributed by atoms with Gasteiger partial charge in [0, 0.05) is 27.5 Å². The second-order valence-corrected chi connectivity index (χ2v) is 14.8. The zero-order chi connectivity index (χ0) is 36.8. The molecule has 0 bridgehead atoms. The Bertz CT molecular complexity index is 3170. The van der Waals surface area contributed by atoms with Crippen LogP contribution in [0, 0.1) is 0 Å². The summed E-state index contributed by atoms with van der Waals surface area (Å²) in [6.45, 7) is 0. The highest BCUT2D eigenvalue weighted by molar-refractivity contribution is 6.09. The average molecular weight is 713 g/mol. The predicted molar refractivity (Wildman–Crippen MR) is 227 cm³/mol. The average Bonchev–Trinajstić information content (AvgIpc) is 3.91. The van der Waals surface area contributed by atoms with E-state index in [0.29, 0.717) is 5.82 Å². The van der Waals surface area contributed by atoms with E-state index in [0.717, 1.165) is 55.6 Å². The number of aromatic nitrogens is 2. The molecule has 2 aromatic heterocycles. The zero-order valence-electron chi connectivity index (χ0n) is 30.3. The molecule has 0 N–H and O–H groups in total. The molecule has 0 unspecified atom stereocenters. The van der Waals surface area contributed by atoms with Gasteiger partial charge in [-0.3, -0.25) is 0 Å². The molecule has 56 heavy (non-hydrogen) atoms. The molecule has 3 nitrogen and oxygen atoms in total. The minimum absolute atomic E-state index is 0.396. The third-order valence-corrected chi connectivity index (χ3v) is 11.9. The van der Waals surface area contributed by atoms with E-state index in [9.17, 15) is 0 Å². The van der Waals surface area contributed by atoms with Crippen LogP contribution >= 0.6 is 0 Å². The van der Waals surface area contributed by atoms with Crippen molar-refractivity contribution in [1.82, 2.24) is 9.97 Å². The number of nitrogens with zero attached hydrogens (tertiary/aromatic N) is 2. The number of benzene rings is 8. The standard InChI is InChI=1S/C53H32N2O/c1-2-15-33(16-3-1)47-32-48(42-25-13-24-40-39-21-7-11-30-49(39)56-51(40)42)55-52(54-47)35-18-12-17-34(31-35)36-23-14-29-46-50(36)41-22-6-10-28-45(41)53(46)43-26-8-4-19-37(43)38-20-5-9-27-44(38)53/h1-32H. The van der Waals surface area contributed by atoms with Crippen molar-refractivity contribution in [2.45, 2.75) is 5.41 Å². The van der Waals surface area contributed by atoms with E-state index < -0.39 is 5.41 Å². The van der Waals surface area contributed by atoms with E-state index in [2.05, 4.69) is 176 Å². The first kappa shape index (κ1) is 31.0. The molecular formula is C53H32N2O. The number of para-hydroxylation sites is 2. The van der Waals surface area contributed by atoms with Crippen molar-refractivity contribution < 1.29 is 4.42 Å². The van der Waals surface area contributed by atoms with Gasteiger partial charge in [0.25, 0.3) is 0 Å². The molecule has 0 atom stereocenters. The molecule has 2 aliphatic carbocycles. The van der Waals surface area contributed by atoms with E-state index in [1.807, 2.05) is 18.2 Å². The summed E-state index contributed by atoms with van der Waals surface area (Å²) in [5.74, 6) is 0.666. The first-order chi connectivity index (χ1) is 27.8. The molecular weight excluding hydrogens is 681 g/mol.